The summed E-state index contributed by atoms with van der Waals surface area (Å²) < 4.78 is 75.4. The summed E-state index contributed by atoms with van der Waals surface area (Å²) in [7, 11) is -1.49. The summed E-state index contributed by atoms with van der Waals surface area (Å²) in [6.45, 7) is 0. The molecule has 2 N–H and O–H groups in total. The van der Waals surface area contributed by atoms with E-state index in [-0.39, 0.29) is 26.6 Å². The molecule has 142 valence electrons. The largest absolute Gasteiger partial charge is 0.507 e. The van der Waals surface area contributed by atoms with E-state index in [1.807, 2.05) is 0 Å². The van der Waals surface area contributed by atoms with E-state index < -0.39 is 27.5 Å². The molecule has 0 unspecified atom stereocenters. The highest BCUT2D eigenvalue weighted by molar-refractivity contribution is 9.10. The molecule has 0 fully saturated rings. The summed E-state index contributed by atoms with van der Waals surface area (Å²) in [4.78, 5) is -0.227. The molecule has 0 saturated carbocycles. The van der Waals surface area contributed by atoms with E-state index in [2.05, 4.69) is 20.7 Å². The summed E-state index contributed by atoms with van der Waals surface area (Å²) in [5, 5.41) is 9.50. The van der Waals surface area contributed by atoms with Gasteiger partial charge in [0.1, 0.15) is 10.6 Å². The number of hydrogen-bond donors (Lipinski definition) is 2. The number of phenols is 1. The number of halogens is 4. The second kappa shape index (κ2) is 7.23. The molecule has 0 aliphatic heterocycles. The number of alkyl halides is 3. The second-order valence-electron chi connectivity index (χ2n) is 4.97. The summed E-state index contributed by atoms with van der Waals surface area (Å²) in [5.41, 5.74) is -1.51. The maximum atomic E-state index is 12.7. The molecule has 2 aromatic carbocycles. The molecule has 2 rings (SSSR count). The fourth-order valence-electron chi connectivity index (χ4n) is 2.09. The molecule has 11 heteroatoms. The third-order valence-corrected chi connectivity index (χ3v) is 5.62. The minimum atomic E-state index is -4.76. The van der Waals surface area contributed by atoms with Crippen molar-refractivity contribution in [1.29, 1.82) is 0 Å². The average Bonchev–Trinajstić information content (AvgIpc) is 2.52. The Labute approximate surface area is 155 Å². The van der Waals surface area contributed by atoms with Gasteiger partial charge in [-0.15, -0.1) is 0 Å². The van der Waals surface area contributed by atoms with Crippen molar-refractivity contribution < 1.29 is 36.2 Å². The predicted molar refractivity (Wildman–Crippen MR) is 91.2 cm³/mol. The number of benzene rings is 2. The normalized spacial score (nSPS) is 11.9. The van der Waals surface area contributed by atoms with Crippen LogP contribution < -0.4 is 14.2 Å². The molecule has 0 heterocycles. The Morgan fingerprint density at radius 1 is 1.08 bits per heavy atom. The first kappa shape index (κ1) is 20.2. The Morgan fingerprint density at radius 3 is 2.15 bits per heavy atom. The smallest absolute Gasteiger partial charge is 0.419 e. The summed E-state index contributed by atoms with van der Waals surface area (Å²) in [6, 6.07) is 4.72. The second-order valence-corrected chi connectivity index (χ2v) is 7.48. The molecule has 0 saturated heterocycles. The van der Waals surface area contributed by atoms with E-state index in [9.17, 15) is 26.7 Å². The van der Waals surface area contributed by atoms with Gasteiger partial charge >= 0.3 is 6.18 Å². The van der Waals surface area contributed by atoms with Gasteiger partial charge in [0, 0.05) is 16.6 Å². The fraction of sp³-hybridized carbons (Fsp3) is 0.200. The first-order valence-corrected chi connectivity index (χ1v) is 9.11. The molecule has 26 heavy (non-hydrogen) atoms. The molecule has 6 nitrogen and oxygen atoms in total. The molecule has 2 aromatic rings. The third-order valence-electron chi connectivity index (χ3n) is 3.28. The number of rotatable bonds is 5. The molecule has 0 amide bonds. The van der Waals surface area contributed by atoms with Gasteiger partial charge in [-0.05, 0) is 34.1 Å². The number of nitrogens with one attached hydrogen (secondary N) is 1. The van der Waals surface area contributed by atoms with Gasteiger partial charge in [0.15, 0.2) is 11.5 Å². The molecule has 0 spiro atoms. The average molecular weight is 456 g/mol. The van der Waals surface area contributed by atoms with Gasteiger partial charge in [0.25, 0.3) is 10.0 Å². The van der Waals surface area contributed by atoms with Gasteiger partial charge in [-0.25, -0.2) is 8.42 Å². The van der Waals surface area contributed by atoms with Crippen molar-refractivity contribution in [1.82, 2.24) is 0 Å². The van der Waals surface area contributed by atoms with Crippen molar-refractivity contribution >= 4 is 31.6 Å². The van der Waals surface area contributed by atoms with Crippen molar-refractivity contribution in [3.05, 3.63) is 40.4 Å². The van der Waals surface area contributed by atoms with Crippen LogP contribution >= 0.6 is 15.9 Å². The van der Waals surface area contributed by atoms with Gasteiger partial charge < -0.3 is 14.6 Å². The zero-order valence-corrected chi connectivity index (χ0v) is 15.8. The topological polar surface area (TPSA) is 84.9 Å². The van der Waals surface area contributed by atoms with Gasteiger partial charge in [-0.3, -0.25) is 4.72 Å². The SMILES string of the molecule is COc1cc(Br)c(S(=O)(=O)Nc2ccc(C(F)(F)F)c(O)c2)cc1OC. The zero-order chi connectivity index (χ0) is 19.7. The molecule has 0 aliphatic rings. The molecule has 0 aliphatic carbocycles. The Kier molecular flexibility index (Phi) is 5.61. The van der Waals surface area contributed by atoms with Crippen LogP contribution in [-0.2, 0) is 16.2 Å². The highest BCUT2D eigenvalue weighted by Gasteiger charge is 2.34. The Bertz CT molecular complexity index is 932. The molecular weight excluding hydrogens is 443 g/mol. The lowest BCUT2D eigenvalue weighted by molar-refractivity contribution is -0.138. The van der Waals surface area contributed by atoms with Gasteiger partial charge in [-0.1, -0.05) is 0 Å². The first-order valence-electron chi connectivity index (χ1n) is 6.84. The molecule has 0 atom stereocenters. The Balaban J connectivity index is 2.42. The third kappa shape index (κ3) is 4.15. The predicted octanol–water partition coefficient (Wildman–Crippen LogP) is 3.99. The summed E-state index contributed by atoms with van der Waals surface area (Å²) in [6.07, 6.45) is -4.76. The number of aromatic hydroxyl groups is 1. The molecular formula is C15H13BrF3NO5S. The Hall–Kier alpha value is -2.14. The van der Waals surface area contributed by atoms with E-state index in [0.29, 0.717) is 12.1 Å². The lowest BCUT2D eigenvalue weighted by Gasteiger charge is -2.14. The molecule has 0 aromatic heterocycles. The van der Waals surface area contributed by atoms with Crippen LogP contribution in [0.25, 0.3) is 0 Å². The summed E-state index contributed by atoms with van der Waals surface area (Å²) >= 11 is 3.10. The number of anilines is 1. The van der Waals surface area contributed by atoms with E-state index in [0.717, 1.165) is 6.07 Å². The number of sulfonamides is 1. The van der Waals surface area contributed by atoms with Crippen LogP contribution in [0.2, 0.25) is 0 Å². The van der Waals surface area contributed by atoms with Crippen molar-refractivity contribution in [2.75, 3.05) is 18.9 Å². The fourth-order valence-corrected chi connectivity index (χ4v) is 4.17. The van der Waals surface area contributed by atoms with Crippen molar-refractivity contribution in [2.45, 2.75) is 11.1 Å². The van der Waals surface area contributed by atoms with Crippen molar-refractivity contribution in [3.63, 3.8) is 0 Å². The van der Waals surface area contributed by atoms with Crippen LogP contribution in [0.3, 0.4) is 0 Å². The standard InChI is InChI=1S/C15H13BrF3NO5S/c1-24-12-6-10(16)14(7-13(12)25-2)26(22,23)20-8-3-4-9(11(21)5-8)15(17,18)19/h3-7,20-21H,1-2H3. The first-order chi connectivity index (χ1) is 12.0. The van der Waals surface area contributed by atoms with Crippen LogP contribution in [0.1, 0.15) is 5.56 Å². The van der Waals surface area contributed by atoms with Crippen LogP contribution in [-0.4, -0.2) is 27.7 Å². The van der Waals surface area contributed by atoms with Gasteiger partial charge in [-0.2, -0.15) is 13.2 Å². The highest BCUT2D eigenvalue weighted by atomic mass is 79.9. The minimum Gasteiger partial charge on any atom is -0.507 e. The van der Waals surface area contributed by atoms with Crippen LogP contribution in [0.4, 0.5) is 18.9 Å². The number of methoxy groups -OCH3 is 2. The van der Waals surface area contributed by atoms with E-state index in [4.69, 9.17) is 9.47 Å². The summed E-state index contributed by atoms with van der Waals surface area (Å²) in [5.74, 6) is -0.666. The molecule has 0 radical (unpaired) electrons. The minimum absolute atomic E-state index is 0.145. The van der Waals surface area contributed by atoms with Crippen LogP contribution in [0, 0.1) is 0 Å². The van der Waals surface area contributed by atoms with E-state index >= 15 is 0 Å². The number of hydrogen-bond acceptors (Lipinski definition) is 5. The van der Waals surface area contributed by atoms with Crippen molar-refractivity contribution in [2.24, 2.45) is 0 Å². The lowest BCUT2D eigenvalue weighted by atomic mass is 10.2. The quantitative estimate of drug-likeness (QED) is 0.711. The van der Waals surface area contributed by atoms with Crippen LogP contribution in [0.15, 0.2) is 39.7 Å². The maximum Gasteiger partial charge on any atom is 0.419 e. The van der Waals surface area contributed by atoms with Crippen LogP contribution in [0.5, 0.6) is 17.2 Å². The monoisotopic (exact) mass is 455 g/mol. The van der Waals surface area contributed by atoms with Crippen molar-refractivity contribution in [3.8, 4) is 17.2 Å². The lowest BCUT2D eigenvalue weighted by Crippen LogP contribution is -2.14. The Morgan fingerprint density at radius 2 is 1.65 bits per heavy atom. The van der Waals surface area contributed by atoms with Gasteiger partial charge in [0.05, 0.1) is 25.5 Å². The molecule has 0 bridgehead atoms. The van der Waals surface area contributed by atoms with Gasteiger partial charge in [0.2, 0.25) is 0 Å². The van der Waals surface area contributed by atoms with E-state index in [1.54, 1.807) is 0 Å². The maximum absolute atomic E-state index is 12.7. The number of phenolic OH excluding ortho intramolecular Hbond substituents is 1. The highest BCUT2D eigenvalue weighted by Crippen LogP contribution is 2.39. The zero-order valence-electron chi connectivity index (χ0n) is 13.4. The number of ether oxygens (including phenoxy) is 2. The van der Waals surface area contributed by atoms with E-state index in [1.165, 1.54) is 26.4 Å².